The summed E-state index contributed by atoms with van der Waals surface area (Å²) in [7, 11) is 1.58. The van der Waals surface area contributed by atoms with Crippen LogP contribution in [0.3, 0.4) is 0 Å². The first-order valence-corrected chi connectivity index (χ1v) is 17.8. The van der Waals surface area contributed by atoms with Crippen LogP contribution in [0.1, 0.15) is 89.4 Å². The van der Waals surface area contributed by atoms with Gasteiger partial charge in [-0.05, 0) is 61.6 Å². The maximum absolute atomic E-state index is 14.2. The summed E-state index contributed by atoms with van der Waals surface area (Å²) >= 11 is 0. The predicted molar refractivity (Wildman–Crippen MR) is 182 cm³/mol. The van der Waals surface area contributed by atoms with Crippen molar-refractivity contribution in [2.45, 2.75) is 115 Å². The Kier molecular flexibility index (Phi) is 8.68. The molecule has 0 aromatic heterocycles. The molecule has 4 aliphatic carbocycles. The van der Waals surface area contributed by atoms with E-state index in [1.54, 1.807) is 44.4 Å². The van der Waals surface area contributed by atoms with E-state index >= 15 is 0 Å². The topological polar surface area (TPSA) is 147 Å². The molecule has 51 heavy (non-hydrogen) atoms. The number of benzene rings is 2. The molecule has 11 atom stereocenters. The van der Waals surface area contributed by atoms with Crippen molar-refractivity contribution in [3.05, 3.63) is 76.9 Å². The molecule has 0 amide bonds. The molecule has 1 aliphatic heterocycles. The first-order valence-electron chi connectivity index (χ1n) is 17.8. The molecular weight excluding hydrogens is 656 g/mol. The lowest BCUT2D eigenvalue weighted by atomic mass is 9.40. The van der Waals surface area contributed by atoms with Crippen LogP contribution in [-0.4, -0.2) is 77.0 Å². The molecule has 7 rings (SSSR count). The van der Waals surface area contributed by atoms with Crippen molar-refractivity contribution in [3.8, 4) is 5.75 Å². The second-order valence-electron chi connectivity index (χ2n) is 15.7. The number of fused-ring (bicyclic) bond motifs is 4. The molecule has 2 aromatic carbocycles. The molecular formula is C40H48O11. The van der Waals surface area contributed by atoms with Gasteiger partial charge in [-0.15, -0.1) is 0 Å². The van der Waals surface area contributed by atoms with E-state index in [-0.39, 0.29) is 17.9 Å². The first-order chi connectivity index (χ1) is 24.1. The molecule has 11 nitrogen and oxygen atoms in total. The van der Waals surface area contributed by atoms with Gasteiger partial charge in [0.25, 0.3) is 0 Å². The van der Waals surface area contributed by atoms with Crippen molar-refractivity contribution in [1.29, 1.82) is 0 Å². The molecule has 0 spiro atoms. The van der Waals surface area contributed by atoms with E-state index in [0.29, 0.717) is 41.7 Å². The van der Waals surface area contributed by atoms with Gasteiger partial charge < -0.3 is 38.6 Å². The van der Waals surface area contributed by atoms with E-state index in [2.05, 4.69) is 0 Å². The minimum atomic E-state index is -1.94. The molecule has 0 radical (unpaired) electrons. The number of aliphatic hydroxyl groups is 2. The fraction of sp³-hybridized carbons (Fsp3) is 0.575. The molecule has 3 saturated carbocycles. The molecule has 2 bridgehead atoms. The van der Waals surface area contributed by atoms with Crippen LogP contribution in [-0.2, 0) is 33.3 Å². The van der Waals surface area contributed by atoms with Gasteiger partial charge in [0, 0.05) is 48.5 Å². The molecule has 2 N–H and O–H groups in total. The van der Waals surface area contributed by atoms with Crippen LogP contribution in [0.5, 0.6) is 5.75 Å². The number of hydrogen-bond donors (Lipinski definition) is 2. The Morgan fingerprint density at radius 1 is 0.922 bits per heavy atom. The van der Waals surface area contributed by atoms with E-state index in [4.69, 9.17) is 28.4 Å². The minimum Gasteiger partial charge on any atom is -0.497 e. The third-order valence-corrected chi connectivity index (χ3v) is 12.9. The Morgan fingerprint density at radius 3 is 2.20 bits per heavy atom. The summed E-state index contributed by atoms with van der Waals surface area (Å²) in [5.41, 5.74) is -3.58. The number of esters is 3. The van der Waals surface area contributed by atoms with E-state index in [9.17, 15) is 24.6 Å². The van der Waals surface area contributed by atoms with Crippen LogP contribution in [0.25, 0.3) is 0 Å². The second kappa shape index (κ2) is 12.4. The van der Waals surface area contributed by atoms with E-state index in [1.165, 1.54) is 13.8 Å². The van der Waals surface area contributed by atoms with Crippen LogP contribution < -0.4 is 4.74 Å². The molecule has 2 aromatic rings. The number of hydrogen-bond acceptors (Lipinski definition) is 11. The fourth-order valence-corrected chi connectivity index (χ4v) is 10.3. The monoisotopic (exact) mass is 704 g/mol. The number of carbonyl (C=O) groups excluding carboxylic acids is 3. The van der Waals surface area contributed by atoms with Gasteiger partial charge in [-0.25, -0.2) is 4.79 Å². The normalized spacial score (nSPS) is 39.2. The highest BCUT2D eigenvalue weighted by Crippen LogP contribution is 2.70. The Labute approximate surface area is 298 Å². The van der Waals surface area contributed by atoms with Crippen molar-refractivity contribution < 1.29 is 53.0 Å². The molecule has 11 heteroatoms. The van der Waals surface area contributed by atoms with Crippen LogP contribution in [0, 0.1) is 22.7 Å². The summed E-state index contributed by atoms with van der Waals surface area (Å²) < 4.78 is 38.6. The standard InChI is InChI=1S/C40H48O11/c1-21-28(43)20-40(45)34(49-35(44)24-11-9-8-10-12-24)32-38(6)29(19-26-17-18-39(26,32)51-23(3)42)48-36(25-13-15-27(46-7)16-14-25)50-33(38)31(47-22(2)41)30(21)37(40,4)5/h8-16,26,28-29,31-34,36,43,45H,17-20H2,1-7H3/t26-,28+,29+,31+,32+,33+,34+,36?,38-,39+,40-/m1/s1. The lowest BCUT2D eigenvalue weighted by molar-refractivity contribution is -0.391. The van der Waals surface area contributed by atoms with Gasteiger partial charge >= 0.3 is 17.9 Å². The maximum atomic E-state index is 14.2. The highest BCUT2D eigenvalue weighted by Gasteiger charge is 2.78. The highest BCUT2D eigenvalue weighted by atomic mass is 16.7. The average molecular weight is 705 g/mol. The van der Waals surface area contributed by atoms with Gasteiger partial charge in [0.15, 0.2) is 12.4 Å². The van der Waals surface area contributed by atoms with Crippen molar-refractivity contribution in [1.82, 2.24) is 0 Å². The van der Waals surface area contributed by atoms with Crippen LogP contribution in [0.4, 0.5) is 0 Å². The summed E-state index contributed by atoms with van der Waals surface area (Å²) in [5.74, 6) is -2.23. The minimum absolute atomic E-state index is 0.187. The summed E-state index contributed by atoms with van der Waals surface area (Å²) in [5, 5.41) is 25.1. The Bertz CT molecular complexity index is 1740. The van der Waals surface area contributed by atoms with E-state index < -0.39 is 82.7 Å². The molecule has 1 unspecified atom stereocenters. The third-order valence-electron chi connectivity index (χ3n) is 12.9. The molecule has 4 fully saturated rings. The zero-order chi connectivity index (χ0) is 36.7. The largest absolute Gasteiger partial charge is 0.497 e. The number of rotatable bonds is 6. The lowest BCUT2D eigenvalue weighted by Gasteiger charge is -2.71. The summed E-state index contributed by atoms with van der Waals surface area (Å²) in [6.07, 6.45) is -4.64. The zero-order valence-electron chi connectivity index (χ0n) is 30.2. The predicted octanol–water partition coefficient (Wildman–Crippen LogP) is 5.23. The lowest BCUT2D eigenvalue weighted by Crippen LogP contribution is -2.80. The molecule has 1 saturated heterocycles. The van der Waals surface area contributed by atoms with Crippen molar-refractivity contribution in [2.24, 2.45) is 22.7 Å². The summed E-state index contributed by atoms with van der Waals surface area (Å²) in [4.78, 5) is 40.3. The number of carbonyl (C=O) groups is 3. The number of ether oxygens (including phenoxy) is 6. The van der Waals surface area contributed by atoms with E-state index in [0.717, 1.165) is 0 Å². The Morgan fingerprint density at radius 2 is 1.61 bits per heavy atom. The van der Waals surface area contributed by atoms with Gasteiger partial charge in [-0.3, -0.25) is 9.59 Å². The van der Waals surface area contributed by atoms with Gasteiger partial charge in [0.2, 0.25) is 0 Å². The van der Waals surface area contributed by atoms with Crippen LogP contribution in [0.2, 0.25) is 0 Å². The van der Waals surface area contributed by atoms with Gasteiger partial charge in [0.05, 0.1) is 24.9 Å². The number of methoxy groups -OCH3 is 1. The Hall–Kier alpha value is -3.77. The SMILES string of the molecule is COc1ccc(C2O[C@H]3C[C@H]4CC[C@@]4(OC(C)=O)[C@H]4[C@H](OC(=O)c5ccccc5)[C@]5(O)C[C@H](O)C(C)=C([C@H](OC(C)=O)[C@H](O2)[C@]34C)C5(C)C)cc1. The zero-order valence-corrected chi connectivity index (χ0v) is 30.2. The Balaban J connectivity index is 1.51. The molecule has 1 heterocycles. The van der Waals surface area contributed by atoms with Gasteiger partial charge in [-0.2, -0.15) is 0 Å². The first kappa shape index (κ1) is 35.6. The van der Waals surface area contributed by atoms with Gasteiger partial charge in [-0.1, -0.05) is 51.1 Å². The van der Waals surface area contributed by atoms with Crippen LogP contribution >= 0.6 is 0 Å². The molecule has 274 valence electrons. The smallest absolute Gasteiger partial charge is 0.338 e. The highest BCUT2D eigenvalue weighted by molar-refractivity contribution is 5.89. The number of aliphatic hydroxyl groups excluding tert-OH is 1. The third kappa shape index (κ3) is 5.25. The van der Waals surface area contributed by atoms with Gasteiger partial charge in [0.1, 0.15) is 29.2 Å². The van der Waals surface area contributed by atoms with Crippen molar-refractivity contribution in [2.75, 3.05) is 7.11 Å². The van der Waals surface area contributed by atoms with Crippen LogP contribution in [0.15, 0.2) is 65.7 Å². The van der Waals surface area contributed by atoms with Crippen molar-refractivity contribution in [3.63, 3.8) is 0 Å². The summed E-state index contributed by atoms with van der Waals surface area (Å²) in [6, 6.07) is 15.8. The maximum Gasteiger partial charge on any atom is 0.338 e. The van der Waals surface area contributed by atoms with Crippen molar-refractivity contribution >= 4 is 17.9 Å². The van der Waals surface area contributed by atoms with E-state index in [1.807, 2.05) is 45.0 Å². The second-order valence-corrected chi connectivity index (χ2v) is 15.7. The average Bonchev–Trinajstić information content (AvgIpc) is 3.07. The fourth-order valence-electron chi connectivity index (χ4n) is 10.3. The summed E-state index contributed by atoms with van der Waals surface area (Å²) in [6.45, 7) is 10.0. The molecule has 5 aliphatic rings. The quantitative estimate of drug-likeness (QED) is 0.232.